The van der Waals surface area contributed by atoms with Crippen molar-refractivity contribution in [3.63, 3.8) is 0 Å². The van der Waals surface area contributed by atoms with E-state index in [4.69, 9.17) is 0 Å². The zero-order chi connectivity index (χ0) is 5.11. The molecule has 41 valence electrons. The molecular formula is C7H10Al. The molecular weight excluding hydrogens is 111 g/mol. The van der Waals surface area contributed by atoms with E-state index in [1.54, 1.807) is 0 Å². The molecule has 0 spiro atoms. The average molecular weight is 121 g/mol. The molecule has 0 aliphatic carbocycles. The van der Waals surface area contributed by atoms with Crippen LogP contribution >= 0.6 is 0 Å². The molecule has 0 fully saturated rings. The van der Waals surface area contributed by atoms with Crippen LogP contribution in [0.1, 0.15) is 5.56 Å². The summed E-state index contributed by atoms with van der Waals surface area (Å²) in [7, 11) is 0. The molecule has 0 bridgehead atoms. The predicted octanol–water partition coefficient (Wildman–Crippen LogP) is 0.685. The van der Waals surface area contributed by atoms with Gasteiger partial charge in [0.1, 0.15) is 0 Å². The smallest absolute Gasteiger partial charge is 0.0622 e. The highest BCUT2D eigenvalue weighted by Crippen LogP contribution is 1.92. The van der Waals surface area contributed by atoms with E-state index in [9.17, 15) is 0 Å². The van der Waals surface area contributed by atoms with Crippen molar-refractivity contribution in [1.29, 1.82) is 0 Å². The summed E-state index contributed by atoms with van der Waals surface area (Å²) in [4.78, 5) is 0. The highest BCUT2D eigenvalue weighted by atomic mass is 27.0. The summed E-state index contributed by atoms with van der Waals surface area (Å²) in [5, 5.41) is 0. The van der Waals surface area contributed by atoms with Crippen LogP contribution < -0.4 is 0 Å². The average Bonchev–Trinajstić information content (AvgIpc) is 1.69. The van der Waals surface area contributed by atoms with E-state index >= 15 is 0 Å². The van der Waals surface area contributed by atoms with Crippen molar-refractivity contribution in [1.82, 2.24) is 0 Å². The second-order valence-corrected chi connectivity index (χ2v) is 1.49. The fourth-order valence-electron chi connectivity index (χ4n) is 0.478. The molecule has 0 amide bonds. The third-order valence-corrected chi connectivity index (χ3v) is 0.843. The SMILES string of the molecule is [AlH3].[CH2]c1ccccc1. The first-order chi connectivity index (χ1) is 3.39. The van der Waals surface area contributed by atoms with Gasteiger partial charge in [0, 0.05) is 0 Å². The molecule has 0 aliphatic heterocycles. The van der Waals surface area contributed by atoms with Crippen LogP contribution in [0.15, 0.2) is 30.3 Å². The van der Waals surface area contributed by atoms with E-state index in [0.717, 1.165) is 5.56 Å². The molecule has 1 aromatic rings. The maximum atomic E-state index is 3.72. The first kappa shape index (κ1) is 7.75. The zero-order valence-electron chi connectivity index (χ0n) is 4.09. The van der Waals surface area contributed by atoms with Crippen molar-refractivity contribution in [3.05, 3.63) is 42.8 Å². The van der Waals surface area contributed by atoms with E-state index in [1.807, 2.05) is 30.3 Å². The van der Waals surface area contributed by atoms with Gasteiger partial charge in [0.2, 0.25) is 0 Å². The molecule has 1 rings (SSSR count). The lowest BCUT2D eigenvalue weighted by atomic mass is 10.2. The second kappa shape index (κ2) is 3.72. The first-order valence-corrected chi connectivity index (χ1v) is 2.26. The molecule has 1 heteroatoms. The topological polar surface area (TPSA) is 0 Å². The maximum Gasteiger partial charge on any atom is 0.187 e. The van der Waals surface area contributed by atoms with Crippen molar-refractivity contribution >= 4 is 17.4 Å². The summed E-state index contributed by atoms with van der Waals surface area (Å²) in [6, 6.07) is 9.87. The van der Waals surface area contributed by atoms with Crippen LogP contribution in [0, 0.1) is 6.92 Å². The predicted molar refractivity (Wildman–Crippen MR) is 40.8 cm³/mol. The summed E-state index contributed by atoms with van der Waals surface area (Å²) in [6.45, 7) is 3.72. The van der Waals surface area contributed by atoms with Crippen molar-refractivity contribution in [2.45, 2.75) is 0 Å². The molecule has 0 atom stereocenters. The van der Waals surface area contributed by atoms with Crippen LogP contribution in [-0.2, 0) is 0 Å². The largest absolute Gasteiger partial charge is 0.187 e. The Morgan fingerprint density at radius 1 is 1.00 bits per heavy atom. The van der Waals surface area contributed by atoms with Crippen molar-refractivity contribution in [3.8, 4) is 0 Å². The lowest BCUT2D eigenvalue weighted by molar-refractivity contribution is 1.62. The number of hydrogen-bond acceptors (Lipinski definition) is 0. The lowest BCUT2D eigenvalue weighted by Crippen LogP contribution is -1.62. The van der Waals surface area contributed by atoms with Gasteiger partial charge in [-0.25, -0.2) is 0 Å². The van der Waals surface area contributed by atoms with E-state index in [0.29, 0.717) is 0 Å². The van der Waals surface area contributed by atoms with E-state index in [2.05, 4.69) is 6.92 Å². The molecule has 0 nitrogen and oxygen atoms in total. The minimum atomic E-state index is 0. The molecule has 0 unspecified atom stereocenters. The molecule has 0 heterocycles. The van der Waals surface area contributed by atoms with E-state index < -0.39 is 0 Å². The Morgan fingerprint density at radius 2 is 1.50 bits per heavy atom. The van der Waals surface area contributed by atoms with Gasteiger partial charge >= 0.3 is 0 Å². The Kier molecular flexibility index (Phi) is 3.60. The molecule has 8 heavy (non-hydrogen) atoms. The van der Waals surface area contributed by atoms with Crippen LogP contribution in [0.4, 0.5) is 0 Å². The molecule has 0 aliphatic rings. The minimum Gasteiger partial charge on any atom is -0.0622 e. The van der Waals surface area contributed by atoms with Crippen molar-refractivity contribution in [2.24, 2.45) is 0 Å². The fraction of sp³-hybridized carbons (Fsp3) is 0. The molecule has 0 saturated heterocycles. The van der Waals surface area contributed by atoms with Gasteiger partial charge in [-0.2, -0.15) is 0 Å². The third-order valence-electron chi connectivity index (χ3n) is 0.843. The van der Waals surface area contributed by atoms with Crippen molar-refractivity contribution in [2.75, 3.05) is 0 Å². The standard InChI is InChI=1S/C7H7.Al.3H/c1-7-5-3-2-4-6-7;;;;/h2-6H,1H2;;;;. The number of rotatable bonds is 0. The van der Waals surface area contributed by atoms with Crippen LogP contribution in [0.25, 0.3) is 0 Å². The van der Waals surface area contributed by atoms with Gasteiger partial charge in [0.05, 0.1) is 0 Å². The summed E-state index contributed by atoms with van der Waals surface area (Å²) in [5.41, 5.74) is 1.07. The van der Waals surface area contributed by atoms with Gasteiger partial charge in [0.25, 0.3) is 0 Å². The molecule has 0 aromatic heterocycles. The normalized spacial score (nSPS) is 7.62. The molecule has 0 N–H and O–H groups in total. The summed E-state index contributed by atoms with van der Waals surface area (Å²) < 4.78 is 0. The Bertz CT molecular complexity index is 134. The summed E-state index contributed by atoms with van der Waals surface area (Å²) in [6.07, 6.45) is 0. The molecule has 0 saturated carbocycles. The number of hydrogen-bond donors (Lipinski definition) is 0. The highest BCUT2D eigenvalue weighted by molar-refractivity contribution is 5.75. The van der Waals surface area contributed by atoms with Crippen LogP contribution in [-0.4, -0.2) is 17.4 Å². The molecule has 1 radical (unpaired) electrons. The minimum absolute atomic E-state index is 0. The number of benzene rings is 1. The van der Waals surface area contributed by atoms with Crippen LogP contribution in [0.3, 0.4) is 0 Å². The Morgan fingerprint density at radius 3 is 1.75 bits per heavy atom. The van der Waals surface area contributed by atoms with E-state index in [-0.39, 0.29) is 17.4 Å². The van der Waals surface area contributed by atoms with Gasteiger partial charge < -0.3 is 0 Å². The Balaban J connectivity index is 0.000000490. The Labute approximate surface area is 60.7 Å². The first-order valence-electron chi connectivity index (χ1n) is 2.26. The quantitative estimate of drug-likeness (QED) is 0.443. The van der Waals surface area contributed by atoms with Gasteiger partial charge in [-0.05, 0) is 12.5 Å². The monoisotopic (exact) mass is 121 g/mol. The van der Waals surface area contributed by atoms with Crippen LogP contribution in [0.2, 0.25) is 0 Å². The van der Waals surface area contributed by atoms with Gasteiger partial charge in [0.15, 0.2) is 17.4 Å². The Hall–Kier alpha value is -0.248. The third kappa shape index (κ3) is 2.16. The van der Waals surface area contributed by atoms with Gasteiger partial charge in [-0.3, -0.25) is 0 Å². The fourth-order valence-corrected chi connectivity index (χ4v) is 0.478. The summed E-state index contributed by atoms with van der Waals surface area (Å²) >= 11 is 0. The van der Waals surface area contributed by atoms with Crippen LogP contribution in [0.5, 0.6) is 0 Å². The van der Waals surface area contributed by atoms with Gasteiger partial charge in [-0.1, -0.05) is 30.3 Å². The highest BCUT2D eigenvalue weighted by Gasteiger charge is 1.72. The zero-order valence-corrected chi connectivity index (χ0v) is 4.09. The maximum absolute atomic E-state index is 3.72. The van der Waals surface area contributed by atoms with Crippen molar-refractivity contribution < 1.29 is 0 Å². The molecule has 1 aromatic carbocycles. The lowest BCUT2D eigenvalue weighted by Gasteiger charge is -1.82. The second-order valence-electron chi connectivity index (χ2n) is 1.49. The van der Waals surface area contributed by atoms with Gasteiger partial charge in [-0.15, -0.1) is 0 Å². The van der Waals surface area contributed by atoms with E-state index in [1.165, 1.54) is 0 Å². The summed E-state index contributed by atoms with van der Waals surface area (Å²) in [5.74, 6) is 0.